The molecule has 0 aromatic carbocycles. The molecular weight excluding hydrogens is 291 g/mol. The van der Waals surface area contributed by atoms with Gasteiger partial charge >= 0.3 is 5.97 Å². The van der Waals surface area contributed by atoms with Crippen LogP contribution in [0.1, 0.15) is 29.5 Å². The minimum Gasteiger partial charge on any atom is -0.464 e. The van der Waals surface area contributed by atoms with E-state index < -0.39 is 15.7 Å². The van der Waals surface area contributed by atoms with E-state index in [4.69, 9.17) is 23.2 Å². The number of amides is 1. The van der Waals surface area contributed by atoms with Crippen LogP contribution in [0.2, 0.25) is 0 Å². The maximum absolute atomic E-state index is 12.1. The van der Waals surface area contributed by atoms with E-state index in [-0.39, 0.29) is 11.6 Å². The van der Waals surface area contributed by atoms with Crippen LogP contribution in [0.15, 0.2) is 6.07 Å². The van der Waals surface area contributed by atoms with Gasteiger partial charge in [0, 0.05) is 5.69 Å². The molecule has 2 rings (SSSR count). The predicted molar refractivity (Wildman–Crippen MR) is 72.7 cm³/mol. The van der Waals surface area contributed by atoms with Crippen molar-refractivity contribution in [2.75, 3.05) is 12.4 Å². The van der Waals surface area contributed by atoms with Crippen LogP contribution < -0.4 is 5.32 Å². The normalized spacial score (nSPS) is 23.8. The molecule has 1 aromatic rings. The zero-order valence-electron chi connectivity index (χ0n) is 10.8. The molecule has 19 heavy (non-hydrogen) atoms. The molecule has 0 radical (unpaired) electrons. The molecular formula is C12H14Cl2N2O3. The molecule has 1 fully saturated rings. The average molecular weight is 305 g/mol. The number of hydrogen-bond donors (Lipinski definition) is 2. The summed E-state index contributed by atoms with van der Waals surface area (Å²) in [5, 5.41) is 2.66. The number of methoxy groups -OCH3 is 1. The molecule has 7 heteroatoms. The Hall–Kier alpha value is -1.20. The van der Waals surface area contributed by atoms with Gasteiger partial charge in [-0.2, -0.15) is 0 Å². The van der Waals surface area contributed by atoms with Crippen LogP contribution in [0, 0.1) is 12.3 Å². The van der Waals surface area contributed by atoms with Crippen molar-refractivity contribution in [3.63, 3.8) is 0 Å². The smallest absolute Gasteiger partial charge is 0.356 e. The molecule has 0 spiro atoms. The van der Waals surface area contributed by atoms with Gasteiger partial charge in [0.15, 0.2) is 0 Å². The van der Waals surface area contributed by atoms with E-state index in [1.807, 2.05) is 0 Å². The first-order valence-corrected chi connectivity index (χ1v) is 6.44. The second-order valence-corrected chi connectivity index (χ2v) is 6.38. The molecule has 1 aliphatic carbocycles. The highest BCUT2D eigenvalue weighted by atomic mass is 35.5. The zero-order valence-corrected chi connectivity index (χ0v) is 12.3. The van der Waals surface area contributed by atoms with Crippen molar-refractivity contribution < 1.29 is 14.3 Å². The van der Waals surface area contributed by atoms with Crippen molar-refractivity contribution in [2.24, 2.45) is 5.41 Å². The van der Waals surface area contributed by atoms with Crippen molar-refractivity contribution in [1.82, 2.24) is 4.98 Å². The van der Waals surface area contributed by atoms with Gasteiger partial charge in [-0.05, 0) is 26.3 Å². The number of carbonyl (C=O) groups excluding carboxylic acids is 2. The fraction of sp³-hybridized carbons (Fsp3) is 0.500. The molecule has 0 bridgehead atoms. The highest BCUT2D eigenvalue weighted by Gasteiger charge is 2.68. The Bertz CT molecular complexity index is 553. The number of anilines is 1. The molecule has 1 amide bonds. The number of nitrogens with one attached hydrogen (secondary N) is 2. The minimum absolute atomic E-state index is 0.201. The molecule has 5 nitrogen and oxygen atoms in total. The van der Waals surface area contributed by atoms with Crippen LogP contribution in [-0.2, 0) is 9.53 Å². The Morgan fingerprint density at radius 2 is 2.05 bits per heavy atom. The number of aromatic amines is 1. The monoisotopic (exact) mass is 304 g/mol. The van der Waals surface area contributed by atoms with E-state index in [1.54, 1.807) is 19.9 Å². The van der Waals surface area contributed by atoms with Crippen LogP contribution in [-0.4, -0.2) is 28.3 Å². The van der Waals surface area contributed by atoms with Gasteiger partial charge < -0.3 is 15.0 Å². The third-order valence-corrected chi connectivity index (χ3v) is 4.45. The molecule has 104 valence electrons. The van der Waals surface area contributed by atoms with Crippen molar-refractivity contribution >= 4 is 40.8 Å². The third-order valence-electron chi connectivity index (χ3n) is 3.35. The van der Waals surface area contributed by atoms with Crippen LogP contribution >= 0.6 is 23.2 Å². The Balaban J connectivity index is 2.21. The van der Waals surface area contributed by atoms with E-state index in [0.717, 1.165) is 5.69 Å². The summed E-state index contributed by atoms with van der Waals surface area (Å²) in [6.45, 7) is 3.45. The van der Waals surface area contributed by atoms with Crippen LogP contribution in [0.25, 0.3) is 0 Å². The molecule has 1 atom stereocenters. The van der Waals surface area contributed by atoms with Crippen LogP contribution in [0.3, 0.4) is 0 Å². The van der Waals surface area contributed by atoms with Gasteiger partial charge in [0.05, 0.1) is 18.2 Å². The maximum Gasteiger partial charge on any atom is 0.356 e. The summed E-state index contributed by atoms with van der Waals surface area (Å²) in [6, 6.07) is 1.65. The highest BCUT2D eigenvalue weighted by Crippen LogP contribution is 2.64. The Morgan fingerprint density at radius 1 is 1.47 bits per heavy atom. The first-order chi connectivity index (χ1) is 8.71. The SMILES string of the molecule is COC(=O)c1[nH]c(C)cc1NC(=O)[C@@]1(C)CC1(Cl)Cl. The van der Waals surface area contributed by atoms with Crippen LogP contribution in [0.4, 0.5) is 5.69 Å². The average Bonchev–Trinajstić information content (AvgIpc) is 2.67. The van der Waals surface area contributed by atoms with Crippen molar-refractivity contribution in [2.45, 2.75) is 24.6 Å². The number of rotatable bonds is 3. The lowest BCUT2D eigenvalue weighted by Crippen LogP contribution is -2.26. The lowest BCUT2D eigenvalue weighted by atomic mass is 10.1. The number of H-pyrrole nitrogens is 1. The standard InChI is InChI=1S/C12H14Cl2N2O3/c1-6-4-7(8(15-6)9(17)19-3)16-10(18)11(2)5-12(11,13)14/h4,15H,5H2,1-3H3,(H,16,18)/t11-/m1/s1. The number of hydrogen-bond acceptors (Lipinski definition) is 3. The van der Waals surface area contributed by atoms with E-state index in [9.17, 15) is 9.59 Å². The quantitative estimate of drug-likeness (QED) is 0.666. The summed E-state index contributed by atoms with van der Waals surface area (Å²) in [5.41, 5.74) is 0.466. The second kappa shape index (κ2) is 4.42. The van der Waals surface area contributed by atoms with Crippen molar-refractivity contribution in [3.05, 3.63) is 17.5 Å². The summed E-state index contributed by atoms with van der Waals surface area (Å²) in [4.78, 5) is 26.5. The largest absolute Gasteiger partial charge is 0.464 e. The molecule has 0 unspecified atom stereocenters. The van der Waals surface area contributed by atoms with Gasteiger partial charge in [0.25, 0.3) is 0 Å². The molecule has 2 N–H and O–H groups in total. The fourth-order valence-corrected chi connectivity index (χ4v) is 2.56. The summed E-state index contributed by atoms with van der Waals surface area (Å²) in [7, 11) is 1.27. The summed E-state index contributed by atoms with van der Waals surface area (Å²) < 4.78 is 3.59. The number of ether oxygens (including phenoxy) is 1. The van der Waals surface area contributed by atoms with E-state index >= 15 is 0 Å². The number of alkyl halides is 2. The summed E-state index contributed by atoms with van der Waals surface area (Å²) >= 11 is 11.9. The molecule has 1 saturated carbocycles. The molecule has 1 aliphatic rings. The van der Waals surface area contributed by atoms with Crippen LogP contribution in [0.5, 0.6) is 0 Å². The molecule has 0 aliphatic heterocycles. The lowest BCUT2D eigenvalue weighted by Gasteiger charge is -2.12. The Kier molecular flexibility index (Phi) is 3.31. The minimum atomic E-state index is -1.05. The maximum atomic E-state index is 12.1. The van der Waals surface area contributed by atoms with Gasteiger partial charge in [0.2, 0.25) is 5.91 Å². The molecule has 1 heterocycles. The highest BCUT2D eigenvalue weighted by molar-refractivity contribution is 6.53. The predicted octanol–water partition coefficient (Wildman–Crippen LogP) is 2.63. The van der Waals surface area contributed by atoms with Gasteiger partial charge in [0.1, 0.15) is 10.0 Å². The van der Waals surface area contributed by atoms with E-state index in [1.165, 1.54) is 7.11 Å². The first-order valence-electron chi connectivity index (χ1n) is 5.68. The number of aryl methyl sites for hydroxylation is 1. The van der Waals surface area contributed by atoms with E-state index in [2.05, 4.69) is 15.0 Å². The third kappa shape index (κ3) is 2.32. The van der Waals surface area contributed by atoms with Crippen molar-refractivity contribution in [1.29, 1.82) is 0 Å². The summed E-state index contributed by atoms with van der Waals surface area (Å²) in [5.74, 6) is -0.867. The zero-order chi connectivity index (χ0) is 14.4. The first kappa shape index (κ1) is 14.2. The second-order valence-electron chi connectivity index (χ2n) is 4.90. The Morgan fingerprint density at radius 3 is 2.53 bits per heavy atom. The number of halogens is 2. The van der Waals surface area contributed by atoms with Gasteiger partial charge in [-0.25, -0.2) is 4.79 Å². The molecule has 1 aromatic heterocycles. The topological polar surface area (TPSA) is 71.2 Å². The fourth-order valence-electron chi connectivity index (χ4n) is 1.86. The lowest BCUT2D eigenvalue weighted by molar-refractivity contribution is -0.120. The van der Waals surface area contributed by atoms with Gasteiger partial charge in [-0.1, -0.05) is 0 Å². The number of esters is 1. The van der Waals surface area contributed by atoms with Crippen molar-refractivity contribution in [3.8, 4) is 0 Å². The molecule has 0 saturated heterocycles. The number of carbonyl (C=O) groups is 2. The van der Waals surface area contributed by atoms with Gasteiger partial charge in [-0.15, -0.1) is 23.2 Å². The number of aromatic nitrogens is 1. The van der Waals surface area contributed by atoms with Gasteiger partial charge in [-0.3, -0.25) is 4.79 Å². The Labute approximate surface area is 120 Å². The van der Waals surface area contributed by atoms with E-state index in [0.29, 0.717) is 12.1 Å². The summed E-state index contributed by atoms with van der Waals surface area (Å²) in [6.07, 6.45) is 0.381.